The van der Waals surface area contributed by atoms with Gasteiger partial charge < -0.3 is 5.73 Å². The Bertz CT molecular complexity index is 494. The molecule has 0 fully saturated rings. The molecule has 1 aromatic carbocycles. The van der Waals surface area contributed by atoms with Crippen LogP contribution in [0.15, 0.2) is 23.1 Å². The molecule has 0 heterocycles. The second-order valence-electron chi connectivity index (χ2n) is 3.15. The molecule has 7 heteroatoms. The summed E-state index contributed by atoms with van der Waals surface area (Å²) in [4.78, 5) is -0.468. The Morgan fingerprint density at radius 2 is 1.88 bits per heavy atom. The molecule has 0 aliphatic carbocycles. The molecule has 0 spiro atoms. The number of nitrogen functional groups attached to an aromatic ring is 1. The maximum Gasteiger partial charge on any atom is 0.416 e. The van der Waals surface area contributed by atoms with Crippen molar-refractivity contribution in [1.29, 1.82) is 0 Å². The normalized spacial score (nSPS) is 12.8. The van der Waals surface area contributed by atoms with Gasteiger partial charge in [-0.3, -0.25) is 0 Å². The monoisotopic (exact) mass is 253 g/mol. The van der Waals surface area contributed by atoms with E-state index in [2.05, 4.69) is 0 Å². The standard InChI is InChI=1S/C9H10F3NO2S/c1-2-16(14,15)8-5-6(9(10,11)12)3-4-7(8)13/h3-5H,2,13H2,1H3. The van der Waals surface area contributed by atoms with Gasteiger partial charge in [-0.15, -0.1) is 0 Å². The van der Waals surface area contributed by atoms with Gasteiger partial charge in [0.25, 0.3) is 0 Å². The lowest BCUT2D eigenvalue weighted by atomic mass is 10.2. The second kappa shape index (κ2) is 3.97. The van der Waals surface area contributed by atoms with Gasteiger partial charge in [0.2, 0.25) is 0 Å². The Morgan fingerprint density at radius 1 is 1.31 bits per heavy atom. The Labute approximate surface area is 91.0 Å². The summed E-state index contributed by atoms with van der Waals surface area (Å²) < 4.78 is 60.0. The minimum atomic E-state index is -4.58. The highest BCUT2D eigenvalue weighted by atomic mass is 32.2. The van der Waals surface area contributed by atoms with Gasteiger partial charge in [0.1, 0.15) is 0 Å². The molecular formula is C9H10F3NO2S. The molecule has 1 aromatic rings. The molecule has 0 aliphatic rings. The Balaban J connectivity index is 3.42. The van der Waals surface area contributed by atoms with E-state index in [1.165, 1.54) is 6.92 Å². The van der Waals surface area contributed by atoms with E-state index in [9.17, 15) is 21.6 Å². The highest BCUT2D eigenvalue weighted by Crippen LogP contribution is 2.32. The van der Waals surface area contributed by atoms with Gasteiger partial charge in [0.05, 0.1) is 21.9 Å². The van der Waals surface area contributed by atoms with Crippen molar-refractivity contribution in [2.24, 2.45) is 0 Å². The van der Waals surface area contributed by atoms with Crippen LogP contribution in [-0.2, 0) is 16.0 Å². The lowest BCUT2D eigenvalue weighted by Crippen LogP contribution is -2.11. The Hall–Kier alpha value is -1.24. The molecule has 0 saturated carbocycles. The summed E-state index contributed by atoms with van der Waals surface area (Å²) in [5, 5.41) is 0. The molecule has 0 saturated heterocycles. The molecular weight excluding hydrogens is 243 g/mol. The van der Waals surface area contributed by atoms with Crippen LogP contribution in [0.5, 0.6) is 0 Å². The summed E-state index contributed by atoms with van der Waals surface area (Å²) in [5.74, 6) is -0.293. The summed E-state index contributed by atoms with van der Waals surface area (Å²) >= 11 is 0. The average molecular weight is 253 g/mol. The maximum absolute atomic E-state index is 12.4. The van der Waals surface area contributed by atoms with Crippen molar-refractivity contribution in [3.05, 3.63) is 23.8 Å². The molecule has 16 heavy (non-hydrogen) atoms. The molecule has 90 valence electrons. The van der Waals surface area contributed by atoms with E-state index in [-0.39, 0.29) is 11.4 Å². The molecule has 2 N–H and O–H groups in total. The lowest BCUT2D eigenvalue weighted by molar-refractivity contribution is -0.137. The fraction of sp³-hybridized carbons (Fsp3) is 0.333. The first-order valence-corrected chi connectivity index (χ1v) is 6.03. The number of halogens is 3. The van der Waals surface area contributed by atoms with E-state index in [0.717, 1.165) is 12.1 Å². The molecule has 0 atom stereocenters. The summed E-state index contributed by atoms with van der Waals surface area (Å²) in [5.41, 5.74) is 4.16. The molecule has 0 unspecified atom stereocenters. The first-order valence-electron chi connectivity index (χ1n) is 4.38. The quantitative estimate of drug-likeness (QED) is 0.821. The summed E-state index contributed by atoms with van der Waals surface area (Å²) in [6, 6.07) is 2.27. The maximum atomic E-state index is 12.4. The molecule has 0 radical (unpaired) electrons. The van der Waals surface area contributed by atoms with Crippen molar-refractivity contribution in [1.82, 2.24) is 0 Å². The van der Waals surface area contributed by atoms with E-state index in [4.69, 9.17) is 5.73 Å². The van der Waals surface area contributed by atoms with Crippen LogP contribution in [0, 0.1) is 0 Å². The Morgan fingerprint density at radius 3 is 2.31 bits per heavy atom. The van der Waals surface area contributed by atoms with Crippen LogP contribution in [0.4, 0.5) is 18.9 Å². The largest absolute Gasteiger partial charge is 0.416 e. The number of anilines is 1. The fourth-order valence-corrected chi connectivity index (χ4v) is 2.18. The highest BCUT2D eigenvalue weighted by Gasteiger charge is 2.32. The van der Waals surface area contributed by atoms with Gasteiger partial charge in [-0.25, -0.2) is 8.42 Å². The SMILES string of the molecule is CCS(=O)(=O)c1cc(C(F)(F)F)ccc1N. The van der Waals surface area contributed by atoms with Crippen molar-refractivity contribution in [3.63, 3.8) is 0 Å². The zero-order chi connectivity index (χ0) is 12.6. The van der Waals surface area contributed by atoms with Crippen molar-refractivity contribution in [2.45, 2.75) is 18.0 Å². The first-order chi connectivity index (χ1) is 7.18. The molecule has 0 aliphatic heterocycles. The summed E-state index contributed by atoms with van der Waals surface area (Å²) in [7, 11) is -3.74. The van der Waals surface area contributed by atoms with Gasteiger partial charge in [0, 0.05) is 0 Å². The number of rotatable bonds is 2. The Kier molecular flexibility index (Phi) is 3.18. The number of nitrogens with two attached hydrogens (primary N) is 1. The molecule has 3 nitrogen and oxygen atoms in total. The van der Waals surface area contributed by atoms with Crippen molar-refractivity contribution in [2.75, 3.05) is 11.5 Å². The van der Waals surface area contributed by atoms with E-state index in [1.807, 2.05) is 0 Å². The average Bonchev–Trinajstić information content (AvgIpc) is 2.16. The lowest BCUT2D eigenvalue weighted by Gasteiger charge is -2.10. The van der Waals surface area contributed by atoms with E-state index < -0.39 is 26.5 Å². The minimum Gasteiger partial charge on any atom is -0.398 e. The van der Waals surface area contributed by atoms with E-state index >= 15 is 0 Å². The topological polar surface area (TPSA) is 60.2 Å². The van der Waals surface area contributed by atoms with Gasteiger partial charge in [-0.1, -0.05) is 6.92 Å². The third kappa shape index (κ3) is 2.46. The van der Waals surface area contributed by atoms with Gasteiger partial charge >= 0.3 is 6.18 Å². The number of benzene rings is 1. The smallest absolute Gasteiger partial charge is 0.398 e. The molecule has 0 bridgehead atoms. The van der Waals surface area contributed by atoms with Crippen LogP contribution >= 0.6 is 0 Å². The van der Waals surface area contributed by atoms with Gasteiger partial charge in [-0.2, -0.15) is 13.2 Å². The molecule has 0 amide bonds. The number of sulfone groups is 1. The molecule has 1 rings (SSSR count). The molecule has 0 aromatic heterocycles. The number of alkyl halides is 3. The third-order valence-corrected chi connectivity index (χ3v) is 3.84. The van der Waals surface area contributed by atoms with Crippen molar-refractivity contribution >= 4 is 15.5 Å². The van der Waals surface area contributed by atoms with Crippen LogP contribution in [0.3, 0.4) is 0 Å². The first kappa shape index (κ1) is 12.8. The van der Waals surface area contributed by atoms with E-state index in [0.29, 0.717) is 6.07 Å². The second-order valence-corrected chi connectivity index (χ2v) is 5.40. The summed E-state index contributed by atoms with van der Waals surface area (Å²) in [6.45, 7) is 1.34. The van der Waals surface area contributed by atoms with Crippen LogP contribution in [0.1, 0.15) is 12.5 Å². The third-order valence-electron chi connectivity index (χ3n) is 2.06. The van der Waals surface area contributed by atoms with Crippen LogP contribution < -0.4 is 5.73 Å². The van der Waals surface area contributed by atoms with Crippen molar-refractivity contribution < 1.29 is 21.6 Å². The van der Waals surface area contributed by atoms with Crippen LogP contribution in [0.25, 0.3) is 0 Å². The zero-order valence-corrected chi connectivity index (χ0v) is 9.19. The fourth-order valence-electron chi connectivity index (χ4n) is 1.14. The van der Waals surface area contributed by atoms with Gasteiger partial charge in [-0.05, 0) is 18.2 Å². The minimum absolute atomic E-state index is 0.171. The van der Waals surface area contributed by atoms with Crippen LogP contribution in [0.2, 0.25) is 0 Å². The van der Waals surface area contributed by atoms with Crippen molar-refractivity contribution in [3.8, 4) is 0 Å². The van der Waals surface area contributed by atoms with E-state index in [1.54, 1.807) is 0 Å². The zero-order valence-electron chi connectivity index (χ0n) is 8.38. The predicted molar refractivity (Wildman–Crippen MR) is 53.6 cm³/mol. The predicted octanol–water partition coefficient (Wildman–Crippen LogP) is 2.08. The highest BCUT2D eigenvalue weighted by molar-refractivity contribution is 7.91. The number of hydrogen-bond acceptors (Lipinski definition) is 3. The van der Waals surface area contributed by atoms with Crippen LogP contribution in [-0.4, -0.2) is 14.2 Å². The van der Waals surface area contributed by atoms with Gasteiger partial charge in [0.15, 0.2) is 9.84 Å². The number of hydrogen-bond donors (Lipinski definition) is 1. The summed E-state index contributed by atoms with van der Waals surface area (Å²) in [6.07, 6.45) is -4.58.